The Labute approximate surface area is 81.0 Å². The fraction of sp³-hybridized carbons (Fsp3) is 0.625. The molecule has 0 aromatic carbocycles. The van der Waals surface area contributed by atoms with Crippen molar-refractivity contribution in [2.45, 2.75) is 19.4 Å². The van der Waals surface area contributed by atoms with E-state index in [9.17, 15) is 14.4 Å². The molecule has 1 rings (SSSR count). The van der Waals surface area contributed by atoms with E-state index in [1.54, 1.807) is 6.92 Å². The molecule has 1 saturated heterocycles. The Hall–Kier alpha value is -1.59. The highest BCUT2D eigenvalue weighted by Gasteiger charge is 2.39. The first-order valence-corrected chi connectivity index (χ1v) is 4.29. The first-order chi connectivity index (χ1) is 6.60. The zero-order valence-electron chi connectivity index (χ0n) is 7.99. The van der Waals surface area contributed by atoms with Gasteiger partial charge >= 0.3 is 12.0 Å². The molecule has 2 N–H and O–H groups in total. The predicted molar refractivity (Wildman–Crippen MR) is 46.3 cm³/mol. The number of urea groups is 1. The molecule has 0 spiro atoms. The van der Waals surface area contributed by atoms with Gasteiger partial charge in [-0.05, 0) is 6.42 Å². The lowest BCUT2D eigenvalue weighted by molar-refractivity contribution is -0.147. The van der Waals surface area contributed by atoms with Crippen molar-refractivity contribution in [3.63, 3.8) is 0 Å². The van der Waals surface area contributed by atoms with Gasteiger partial charge in [-0.15, -0.1) is 0 Å². The maximum Gasteiger partial charge on any atom is 0.329 e. The van der Waals surface area contributed by atoms with Crippen molar-refractivity contribution in [1.82, 2.24) is 10.6 Å². The van der Waals surface area contributed by atoms with Crippen LogP contribution in [-0.2, 0) is 14.3 Å². The van der Waals surface area contributed by atoms with Gasteiger partial charge in [0.05, 0.1) is 13.0 Å². The van der Waals surface area contributed by atoms with Crippen LogP contribution in [0.4, 0.5) is 4.79 Å². The lowest BCUT2D eigenvalue weighted by Crippen LogP contribution is -2.61. The highest BCUT2D eigenvalue weighted by molar-refractivity contribution is 6.02. The first-order valence-electron chi connectivity index (χ1n) is 4.29. The fourth-order valence-electron chi connectivity index (χ4n) is 1.41. The quantitative estimate of drug-likeness (QED) is 0.582. The number of ether oxygens (including phenoxy) is 1. The van der Waals surface area contributed by atoms with Gasteiger partial charge in [-0.25, -0.2) is 9.59 Å². The molecule has 0 aliphatic carbocycles. The van der Waals surface area contributed by atoms with Crippen molar-refractivity contribution in [1.29, 1.82) is 0 Å². The zero-order valence-corrected chi connectivity index (χ0v) is 7.99. The van der Waals surface area contributed by atoms with Gasteiger partial charge in [0, 0.05) is 0 Å². The predicted octanol–water partition coefficient (Wildman–Crippen LogP) is -0.606. The van der Waals surface area contributed by atoms with Crippen LogP contribution in [0.2, 0.25) is 0 Å². The van der Waals surface area contributed by atoms with Crippen LogP contribution < -0.4 is 10.6 Å². The van der Waals surface area contributed by atoms with Crippen molar-refractivity contribution in [3.05, 3.63) is 0 Å². The Morgan fingerprint density at radius 2 is 2.14 bits per heavy atom. The number of carbonyl (C=O) groups is 3. The molecule has 6 heteroatoms. The summed E-state index contributed by atoms with van der Waals surface area (Å²) in [5, 5.41) is 4.45. The summed E-state index contributed by atoms with van der Waals surface area (Å²) in [5.74, 6) is -1.59. The Morgan fingerprint density at radius 1 is 1.50 bits per heavy atom. The summed E-state index contributed by atoms with van der Waals surface area (Å²) in [6, 6.07) is -1.53. The van der Waals surface area contributed by atoms with Crippen molar-refractivity contribution in [2.24, 2.45) is 5.92 Å². The van der Waals surface area contributed by atoms with Gasteiger partial charge in [0.25, 0.3) is 0 Å². The van der Waals surface area contributed by atoms with Crippen LogP contribution in [0, 0.1) is 5.92 Å². The molecule has 1 fully saturated rings. The number of hydrogen-bond acceptors (Lipinski definition) is 4. The Balaban J connectivity index is 2.83. The van der Waals surface area contributed by atoms with Gasteiger partial charge in [-0.3, -0.25) is 10.1 Å². The number of imide groups is 1. The SMILES string of the molecule is CC[C@@H]1C(=O)NC(=O)N[C@@H]1C(=O)OC. The second-order valence-corrected chi connectivity index (χ2v) is 2.98. The molecule has 1 heterocycles. The van der Waals surface area contributed by atoms with Gasteiger partial charge in [0.2, 0.25) is 5.91 Å². The van der Waals surface area contributed by atoms with E-state index < -0.39 is 29.9 Å². The van der Waals surface area contributed by atoms with Crippen LogP contribution in [-0.4, -0.2) is 31.1 Å². The van der Waals surface area contributed by atoms with Crippen LogP contribution in [0.3, 0.4) is 0 Å². The average molecular weight is 200 g/mol. The van der Waals surface area contributed by atoms with E-state index in [1.165, 1.54) is 7.11 Å². The molecule has 78 valence electrons. The minimum Gasteiger partial charge on any atom is -0.467 e. The highest BCUT2D eigenvalue weighted by Crippen LogP contribution is 2.13. The van der Waals surface area contributed by atoms with E-state index in [0.29, 0.717) is 6.42 Å². The van der Waals surface area contributed by atoms with E-state index in [1.807, 2.05) is 0 Å². The van der Waals surface area contributed by atoms with Crippen LogP contribution in [0.25, 0.3) is 0 Å². The number of carbonyl (C=O) groups excluding carboxylic acids is 3. The van der Waals surface area contributed by atoms with E-state index in [4.69, 9.17) is 0 Å². The van der Waals surface area contributed by atoms with Crippen LogP contribution >= 0.6 is 0 Å². The Bertz CT molecular complexity index is 277. The third kappa shape index (κ3) is 1.84. The smallest absolute Gasteiger partial charge is 0.329 e. The minimum atomic E-state index is -0.869. The van der Waals surface area contributed by atoms with Crippen molar-refractivity contribution < 1.29 is 19.1 Å². The third-order valence-corrected chi connectivity index (χ3v) is 2.16. The molecule has 6 nitrogen and oxygen atoms in total. The van der Waals surface area contributed by atoms with Gasteiger partial charge in [-0.1, -0.05) is 6.92 Å². The lowest BCUT2D eigenvalue weighted by Gasteiger charge is -2.28. The largest absolute Gasteiger partial charge is 0.467 e. The molecule has 3 amide bonds. The highest BCUT2D eigenvalue weighted by atomic mass is 16.5. The van der Waals surface area contributed by atoms with Crippen molar-refractivity contribution >= 4 is 17.9 Å². The molecular formula is C8H12N2O4. The number of methoxy groups -OCH3 is 1. The van der Waals surface area contributed by atoms with Gasteiger partial charge in [-0.2, -0.15) is 0 Å². The monoisotopic (exact) mass is 200 g/mol. The van der Waals surface area contributed by atoms with Crippen molar-refractivity contribution in [3.8, 4) is 0 Å². The summed E-state index contributed by atoms with van der Waals surface area (Å²) in [5.41, 5.74) is 0. The second-order valence-electron chi connectivity index (χ2n) is 2.98. The maximum absolute atomic E-state index is 11.3. The molecule has 0 unspecified atom stereocenters. The van der Waals surface area contributed by atoms with E-state index >= 15 is 0 Å². The van der Waals surface area contributed by atoms with Gasteiger partial charge in [0.15, 0.2) is 0 Å². The molecule has 0 aromatic rings. The first kappa shape index (κ1) is 10.5. The molecule has 14 heavy (non-hydrogen) atoms. The summed E-state index contributed by atoms with van der Waals surface area (Å²) in [6.07, 6.45) is 0.464. The summed E-state index contributed by atoms with van der Waals surface area (Å²) in [4.78, 5) is 33.4. The number of hydrogen-bond donors (Lipinski definition) is 2. The summed E-state index contributed by atoms with van der Waals surface area (Å²) in [7, 11) is 1.22. The zero-order chi connectivity index (χ0) is 10.7. The molecular weight excluding hydrogens is 188 g/mol. The van der Waals surface area contributed by atoms with Crippen LogP contribution in [0.5, 0.6) is 0 Å². The molecule has 0 aromatic heterocycles. The minimum absolute atomic E-state index is 0.438. The summed E-state index contributed by atoms with van der Waals surface area (Å²) in [6.45, 7) is 1.76. The topological polar surface area (TPSA) is 84.5 Å². The number of amides is 3. The van der Waals surface area contributed by atoms with Crippen molar-refractivity contribution in [2.75, 3.05) is 7.11 Å². The van der Waals surface area contributed by atoms with Gasteiger partial charge in [0.1, 0.15) is 6.04 Å². The molecule has 1 aliphatic heterocycles. The number of esters is 1. The van der Waals surface area contributed by atoms with E-state index in [2.05, 4.69) is 15.4 Å². The number of nitrogens with one attached hydrogen (secondary N) is 2. The van der Waals surface area contributed by atoms with Crippen LogP contribution in [0.1, 0.15) is 13.3 Å². The van der Waals surface area contributed by atoms with Crippen LogP contribution in [0.15, 0.2) is 0 Å². The fourth-order valence-corrected chi connectivity index (χ4v) is 1.41. The molecule has 0 radical (unpaired) electrons. The standard InChI is InChI=1S/C8H12N2O4/c1-3-4-5(7(12)14-2)9-8(13)10-6(4)11/h4-5H,3H2,1-2H3,(H2,9,10,11,13)/t4-,5-/m0/s1. The molecule has 1 aliphatic rings. The number of rotatable bonds is 2. The maximum atomic E-state index is 11.3. The third-order valence-electron chi connectivity index (χ3n) is 2.16. The van der Waals surface area contributed by atoms with E-state index in [-0.39, 0.29) is 0 Å². The second kappa shape index (κ2) is 4.08. The van der Waals surface area contributed by atoms with Gasteiger partial charge < -0.3 is 10.1 Å². The lowest BCUT2D eigenvalue weighted by atomic mass is 9.94. The Morgan fingerprint density at radius 3 is 2.64 bits per heavy atom. The normalized spacial score (nSPS) is 26.4. The Kier molecular flexibility index (Phi) is 3.06. The van der Waals surface area contributed by atoms with E-state index in [0.717, 1.165) is 0 Å². The average Bonchev–Trinajstić information content (AvgIpc) is 2.15. The summed E-state index contributed by atoms with van der Waals surface area (Å²) >= 11 is 0. The molecule has 0 bridgehead atoms. The summed E-state index contributed by atoms with van der Waals surface area (Å²) < 4.78 is 4.48. The molecule has 2 atom stereocenters. The molecule has 0 saturated carbocycles.